The van der Waals surface area contributed by atoms with Crippen LogP contribution in [-0.4, -0.2) is 4.98 Å². The van der Waals surface area contributed by atoms with Gasteiger partial charge in [0.15, 0.2) is 0 Å². The molecule has 0 atom stereocenters. The second kappa shape index (κ2) is 4.80. The normalized spacial score (nSPS) is 10.4. The van der Waals surface area contributed by atoms with Crippen LogP contribution in [0.25, 0.3) is 0 Å². The van der Waals surface area contributed by atoms with E-state index in [9.17, 15) is 4.39 Å². The van der Waals surface area contributed by atoms with Crippen molar-refractivity contribution in [3.63, 3.8) is 0 Å². The molecule has 0 spiro atoms. The Bertz CT molecular complexity index is 498. The van der Waals surface area contributed by atoms with Gasteiger partial charge in [0, 0.05) is 5.69 Å². The maximum Gasteiger partial charge on any atom is 0.126 e. The van der Waals surface area contributed by atoms with Gasteiger partial charge in [0.05, 0.1) is 12.7 Å². The molecule has 0 aliphatic carbocycles. The van der Waals surface area contributed by atoms with E-state index in [0.717, 1.165) is 10.7 Å². The number of halogens is 2. The second-order valence-electron chi connectivity index (χ2n) is 3.38. The Balaban J connectivity index is 2.02. The summed E-state index contributed by atoms with van der Waals surface area (Å²) in [6, 6.07) is 4.93. The van der Waals surface area contributed by atoms with Gasteiger partial charge >= 0.3 is 0 Å². The van der Waals surface area contributed by atoms with Crippen molar-refractivity contribution < 1.29 is 4.39 Å². The molecule has 5 heteroatoms. The van der Waals surface area contributed by atoms with Gasteiger partial charge in [-0.25, -0.2) is 9.37 Å². The molecule has 2 nitrogen and oxygen atoms in total. The second-order valence-corrected chi connectivity index (χ2v) is 5.12. The molecule has 1 aromatic carbocycles. The number of anilines is 1. The summed E-state index contributed by atoms with van der Waals surface area (Å²) >= 11 is 7.20. The zero-order chi connectivity index (χ0) is 11.5. The van der Waals surface area contributed by atoms with E-state index in [4.69, 9.17) is 11.6 Å². The van der Waals surface area contributed by atoms with Crippen molar-refractivity contribution in [2.75, 3.05) is 5.32 Å². The van der Waals surface area contributed by atoms with Crippen molar-refractivity contribution in [2.24, 2.45) is 0 Å². The molecule has 1 N–H and O–H groups in total. The van der Waals surface area contributed by atoms with Crippen LogP contribution in [0.1, 0.15) is 10.6 Å². The minimum Gasteiger partial charge on any atom is -0.379 e. The van der Waals surface area contributed by atoms with E-state index in [1.165, 1.54) is 17.4 Å². The molecule has 0 aliphatic heterocycles. The first kappa shape index (κ1) is 11.4. The molecule has 0 radical (unpaired) electrons. The van der Waals surface area contributed by atoms with Crippen LogP contribution in [0.4, 0.5) is 10.1 Å². The van der Waals surface area contributed by atoms with Crippen molar-refractivity contribution in [2.45, 2.75) is 13.5 Å². The van der Waals surface area contributed by atoms with Crippen LogP contribution < -0.4 is 5.32 Å². The molecular weight excluding hydrogens is 247 g/mol. The summed E-state index contributed by atoms with van der Waals surface area (Å²) in [5.41, 5.74) is 1.51. The Morgan fingerprint density at radius 2 is 2.31 bits per heavy atom. The van der Waals surface area contributed by atoms with Gasteiger partial charge in [-0.3, -0.25) is 0 Å². The summed E-state index contributed by atoms with van der Waals surface area (Å²) < 4.78 is 13.7. The molecule has 1 heterocycles. The highest BCUT2D eigenvalue weighted by atomic mass is 35.5. The highest BCUT2D eigenvalue weighted by Crippen LogP contribution is 2.20. The molecule has 0 fully saturated rings. The Labute approximate surface area is 102 Å². The highest BCUT2D eigenvalue weighted by molar-refractivity contribution is 7.15. The molecule has 16 heavy (non-hydrogen) atoms. The van der Waals surface area contributed by atoms with Crippen LogP contribution in [0.2, 0.25) is 4.34 Å². The molecule has 2 aromatic rings. The van der Waals surface area contributed by atoms with E-state index in [-0.39, 0.29) is 5.82 Å². The van der Waals surface area contributed by atoms with E-state index in [2.05, 4.69) is 10.3 Å². The Kier molecular flexibility index (Phi) is 3.41. The Morgan fingerprint density at radius 3 is 2.94 bits per heavy atom. The average Bonchev–Trinajstić information content (AvgIpc) is 2.66. The number of nitrogens with zero attached hydrogens (tertiary/aromatic N) is 1. The number of aryl methyl sites for hydroxylation is 1. The number of aromatic nitrogens is 1. The van der Waals surface area contributed by atoms with Crippen LogP contribution in [0.5, 0.6) is 0 Å². The Morgan fingerprint density at radius 1 is 1.50 bits per heavy atom. The number of rotatable bonds is 3. The third-order valence-electron chi connectivity index (χ3n) is 2.13. The number of thiazole rings is 1. The van der Waals surface area contributed by atoms with Crippen LogP contribution >= 0.6 is 22.9 Å². The lowest BCUT2D eigenvalue weighted by Crippen LogP contribution is -1.99. The molecule has 0 aliphatic rings. The average molecular weight is 257 g/mol. The molecule has 2 rings (SSSR count). The highest BCUT2D eigenvalue weighted by Gasteiger charge is 2.01. The van der Waals surface area contributed by atoms with Gasteiger partial charge in [0.1, 0.15) is 15.2 Å². The van der Waals surface area contributed by atoms with Crippen LogP contribution in [-0.2, 0) is 6.54 Å². The van der Waals surface area contributed by atoms with Crippen molar-refractivity contribution in [3.8, 4) is 0 Å². The van der Waals surface area contributed by atoms with Crippen molar-refractivity contribution in [3.05, 3.63) is 45.1 Å². The molecular formula is C11H10ClFN2S. The van der Waals surface area contributed by atoms with Crippen molar-refractivity contribution in [1.29, 1.82) is 0 Å². The maximum atomic E-state index is 13.0. The fraction of sp³-hybridized carbons (Fsp3) is 0.182. The first-order valence-electron chi connectivity index (χ1n) is 4.75. The fourth-order valence-corrected chi connectivity index (χ4v) is 2.20. The smallest absolute Gasteiger partial charge is 0.126 e. The van der Waals surface area contributed by atoms with Gasteiger partial charge in [-0.15, -0.1) is 11.3 Å². The minimum absolute atomic E-state index is 0.192. The summed E-state index contributed by atoms with van der Waals surface area (Å²) in [6.45, 7) is 2.34. The van der Waals surface area contributed by atoms with Gasteiger partial charge in [-0.2, -0.15) is 0 Å². The monoisotopic (exact) mass is 256 g/mol. The number of hydrogen-bond acceptors (Lipinski definition) is 3. The van der Waals surface area contributed by atoms with Crippen LogP contribution in [0, 0.1) is 12.7 Å². The number of hydrogen-bond donors (Lipinski definition) is 1. The lowest BCUT2D eigenvalue weighted by Gasteiger charge is -2.05. The predicted molar refractivity (Wildman–Crippen MR) is 65.6 cm³/mol. The molecule has 1 aromatic heterocycles. The summed E-state index contributed by atoms with van der Waals surface area (Å²) in [5.74, 6) is -0.192. The van der Waals surface area contributed by atoms with Crippen molar-refractivity contribution >= 4 is 28.6 Å². The van der Waals surface area contributed by atoms with E-state index in [1.54, 1.807) is 25.3 Å². The zero-order valence-electron chi connectivity index (χ0n) is 8.63. The number of nitrogens with one attached hydrogen (secondary N) is 1. The lowest BCUT2D eigenvalue weighted by molar-refractivity contribution is 0.618. The lowest BCUT2D eigenvalue weighted by atomic mass is 10.2. The topological polar surface area (TPSA) is 24.9 Å². The molecule has 0 bridgehead atoms. The van der Waals surface area contributed by atoms with Gasteiger partial charge < -0.3 is 5.32 Å². The minimum atomic E-state index is -0.192. The van der Waals surface area contributed by atoms with E-state index in [0.29, 0.717) is 16.4 Å². The SMILES string of the molecule is Cc1cc(NCc2ncc(Cl)s2)ccc1F. The largest absolute Gasteiger partial charge is 0.379 e. The van der Waals surface area contributed by atoms with E-state index >= 15 is 0 Å². The Hall–Kier alpha value is -1.13. The quantitative estimate of drug-likeness (QED) is 0.902. The molecule has 0 saturated carbocycles. The standard InChI is InChI=1S/C11H10ClFN2S/c1-7-4-8(2-3-9(7)13)14-6-11-15-5-10(12)16-11/h2-5,14H,6H2,1H3. The summed E-state index contributed by atoms with van der Waals surface area (Å²) in [7, 11) is 0. The van der Waals surface area contributed by atoms with E-state index in [1.807, 2.05) is 0 Å². The first-order chi connectivity index (χ1) is 7.65. The maximum absolute atomic E-state index is 13.0. The first-order valence-corrected chi connectivity index (χ1v) is 5.95. The summed E-state index contributed by atoms with van der Waals surface area (Å²) in [6.07, 6.45) is 1.62. The molecule has 84 valence electrons. The predicted octanol–water partition coefficient (Wildman–Crippen LogP) is 3.86. The molecule has 0 saturated heterocycles. The fourth-order valence-electron chi connectivity index (χ4n) is 1.30. The summed E-state index contributed by atoms with van der Waals surface area (Å²) in [5, 5.41) is 4.07. The number of benzene rings is 1. The van der Waals surface area contributed by atoms with Gasteiger partial charge in [-0.05, 0) is 30.7 Å². The molecule has 0 amide bonds. The zero-order valence-corrected chi connectivity index (χ0v) is 10.2. The third kappa shape index (κ3) is 2.71. The van der Waals surface area contributed by atoms with Crippen molar-refractivity contribution in [1.82, 2.24) is 4.98 Å². The molecule has 0 unspecified atom stereocenters. The summed E-state index contributed by atoms with van der Waals surface area (Å²) in [4.78, 5) is 4.12. The van der Waals surface area contributed by atoms with Crippen LogP contribution in [0.15, 0.2) is 24.4 Å². The van der Waals surface area contributed by atoms with Crippen LogP contribution in [0.3, 0.4) is 0 Å². The van der Waals surface area contributed by atoms with Gasteiger partial charge in [0.2, 0.25) is 0 Å². The van der Waals surface area contributed by atoms with E-state index < -0.39 is 0 Å². The van der Waals surface area contributed by atoms with Gasteiger partial charge in [0.25, 0.3) is 0 Å². The third-order valence-corrected chi connectivity index (χ3v) is 3.24. The van der Waals surface area contributed by atoms with Gasteiger partial charge in [-0.1, -0.05) is 11.6 Å².